The number of nitriles is 1. The molecular formula is C21H21BrN2O3. The highest BCUT2D eigenvalue weighted by molar-refractivity contribution is 9.10. The van der Waals surface area contributed by atoms with E-state index in [1.165, 1.54) is 6.08 Å². The van der Waals surface area contributed by atoms with Crippen molar-refractivity contribution in [2.75, 3.05) is 18.5 Å². The Morgan fingerprint density at radius 3 is 2.52 bits per heavy atom. The lowest BCUT2D eigenvalue weighted by atomic mass is 10.1. The maximum Gasteiger partial charge on any atom is 0.266 e. The van der Waals surface area contributed by atoms with Crippen LogP contribution in [0.5, 0.6) is 11.5 Å². The van der Waals surface area contributed by atoms with Gasteiger partial charge in [-0.2, -0.15) is 5.26 Å². The number of hydrogen-bond donors (Lipinski definition) is 1. The number of benzene rings is 2. The largest absolute Gasteiger partial charge is 0.490 e. The van der Waals surface area contributed by atoms with Gasteiger partial charge in [0.25, 0.3) is 5.91 Å². The Balaban J connectivity index is 2.32. The molecule has 0 aliphatic carbocycles. The summed E-state index contributed by atoms with van der Waals surface area (Å²) >= 11 is 3.48. The molecule has 0 aliphatic heterocycles. The van der Waals surface area contributed by atoms with Gasteiger partial charge in [-0.3, -0.25) is 4.79 Å². The first kappa shape index (κ1) is 20.5. The smallest absolute Gasteiger partial charge is 0.266 e. The predicted octanol–water partition coefficient (Wildman–Crippen LogP) is 5.18. The van der Waals surface area contributed by atoms with Crippen LogP contribution in [-0.4, -0.2) is 19.1 Å². The van der Waals surface area contributed by atoms with E-state index < -0.39 is 5.91 Å². The molecule has 27 heavy (non-hydrogen) atoms. The molecule has 1 amide bonds. The lowest BCUT2D eigenvalue weighted by molar-refractivity contribution is -0.112. The van der Waals surface area contributed by atoms with Crippen LogP contribution in [0.15, 0.2) is 52.5 Å². The van der Waals surface area contributed by atoms with Crippen molar-refractivity contribution in [3.8, 4) is 17.6 Å². The zero-order chi connectivity index (χ0) is 19.6. The second-order valence-corrected chi connectivity index (χ2v) is 6.45. The first-order chi connectivity index (χ1) is 13.1. The van der Waals surface area contributed by atoms with E-state index in [-0.39, 0.29) is 5.57 Å². The molecular weight excluding hydrogens is 408 g/mol. The second kappa shape index (κ2) is 10.4. The molecule has 1 N–H and O–H groups in total. The number of rotatable bonds is 8. The lowest BCUT2D eigenvalue weighted by Gasteiger charge is -2.13. The third kappa shape index (κ3) is 5.87. The molecule has 0 unspecified atom stereocenters. The molecule has 2 aromatic rings. The van der Waals surface area contributed by atoms with Crippen LogP contribution in [0, 0.1) is 11.3 Å². The van der Waals surface area contributed by atoms with E-state index >= 15 is 0 Å². The van der Waals surface area contributed by atoms with Gasteiger partial charge in [-0.15, -0.1) is 0 Å². The number of para-hydroxylation sites is 1. The zero-order valence-electron chi connectivity index (χ0n) is 15.3. The van der Waals surface area contributed by atoms with Gasteiger partial charge in [0, 0.05) is 10.2 Å². The van der Waals surface area contributed by atoms with Crippen LogP contribution in [0.2, 0.25) is 0 Å². The number of amides is 1. The van der Waals surface area contributed by atoms with E-state index in [9.17, 15) is 10.1 Å². The maximum atomic E-state index is 12.4. The fraction of sp³-hybridized carbons (Fsp3) is 0.238. The number of ether oxygens (including phenoxy) is 2. The number of hydrogen-bond acceptors (Lipinski definition) is 4. The summed E-state index contributed by atoms with van der Waals surface area (Å²) in [4.78, 5) is 12.4. The minimum absolute atomic E-state index is 0.00997. The molecule has 5 nitrogen and oxygen atoms in total. The normalized spacial score (nSPS) is 10.8. The number of carbonyl (C=O) groups excluding carboxylic acids is 1. The average Bonchev–Trinajstić information content (AvgIpc) is 2.67. The summed E-state index contributed by atoms with van der Waals surface area (Å²) in [5.41, 5.74) is 1.27. The molecule has 2 rings (SSSR count). The third-order valence-corrected chi connectivity index (χ3v) is 4.21. The molecule has 0 aliphatic rings. The van der Waals surface area contributed by atoms with Crippen molar-refractivity contribution in [2.45, 2.75) is 20.3 Å². The molecule has 0 aromatic heterocycles. The van der Waals surface area contributed by atoms with Gasteiger partial charge < -0.3 is 14.8 Å². The quantitative estimate of drug-likeness (QED) is 0.464. The van der Waals surface area contributed by atoms with Crippen molar-refractivity contribution in [2.24, 2.45) is 0 Å². The van der Waals surface area contributed by atoms with Gasteiger partial charge in [0.1, 0.15) is 11.6 Å². The molecule has 6 heteroatoms. The summed E-state index contributed by atoms with van der Waals surface area (Å²) in [6.07, 6.45) is 2.40. The first-order valence-electron chi connectivity index (χ1n) is 8.66. The van der Waals surface area contributed by atoms with Crippen molar-refractivity contribution in [3.63, 3.8) is 0 Å². The number of nitrogens with one attached hydrogen (secondary N) is 1. The lowest BCUT2D eigenvalue weighted by Crippen LogP contribution is -2.13. The van der Waals surface area contributed by atoms with Crippen molar-refractivity contribution in [1.82, 2.24) is 0 Å². The van der Waals surface area contributed by atoms with Crippen LogP contribution in [0.4, 0.5) is 5.69 Å². The highest BCUT2D eigenvalue weighted by Gasteiger charge is 2.14. The van der Waals surface area contributed by atoms with Crippen LogP contribution >= 0.6 is 15.9 Å². The molecule has 0 saturated carbocycles. The Bertz CT molecular complexity index is 858. The SMILES string of the molecule is CCCOc1cc(Br)c(C=C(C#N)C(=O)Nc2ccccc2)cc1OCC. The highest BCUT2D eigenvalue weighted by atomic mass is 79.9. The topological polar surface area (TPSA) is 71.3 Å². The van der Waals surface area contributed by atoms with E-state index in [4.69, 9.17) is 9.47 Å². The van der Waals surface area contributed by atoms with E-state index in [2.05, 4.69) is 21.2 Å². The van der Waals surface area contributed by atoms with Crippen molar-refractivity contribution >= 4 is 33.6 Å². The van der Waals surface area contributed by atoms with Gasteiger partial charge >= 0.3 is 0 Å². The average molecular weight is 429 g/mol. The van der Waals surface area contributed by atoms with Gasteiger partial charge in [0.15, 0.2) is 11.5 Å². The van der Waals surface area contributed by atoms with Crippen LogP contribution in [-0.2, 0) is 4.79 Å². The van der Waals surface area contributed by atoms with Crippen LogP contribution in [0.3, 0.4) is 0 Å². The monoisotopic (exact) mass is 428 g/mol. The minimum atomic E-state index is -0.472. The third-order valence-electron chi connectivity index (χ3n) is 3.52. The maximum absolute atomic E-state index is 12.4. The van der Waals surface area contributed by atoms with Crippen molar-refractivity contribution in [1.29, 1.82) is 5.26 Å². The number of anilines is 1. The Labute approximate surface area is 167 Å². The summed E-state index contributed by atoms with van der Waals surface area (Å²) in [7, 11) is 0. The number of carbonyl (C=O) groups is 1. The number of halogens is 1. The van der Waals surface area contributed by atoms with Crippen LogP contribution in [0.1, 0.15) is 25.8 Å². The summed E-state index contributed by atoms with van der Waals surface area (Å²) < 4.78 is 12.1. The first-order valence-corrected chi connectivity index (χ1v) is 9.45. The second-order valence-electron chi connectivity index (χ2n) is 5.59. The van der Waals surface area contributed by atoms with Gasteiger partial charge in [0.05, 0.1) is 13.2 Å². The van der Waals surface area contributed by atoms with Crippen molar-refractivity contribution < 1.29 is 14.3 Å². The Morgan fingerprint density at radius 1 is 1.19 bits per heavy atom. The van der Waals surface area contributed by atoms with Gasteiger partial charge in [-0.1, -0.05) is 41.1 Å². The Morgan fingerprint density at radius 2 is 1.89 bits per heavy atom. The molecule has 0 atom stereocenters. The van der Waals surface area contributed by atoms with Crippen LogP contribution in [0.25, 0.3) is 6.08 Å². The minimum Gasteiger partial charge on any atom is -0.490 e. The standard InChI is InChI=1S/C21H21BrN2O3/c1-3-10-27-20-13-18(22)15(12-19(20)26-4-2)11-16(14-23)21(25)24-17-8-6-5-7-9-17/h5-9,11-13H,3-4,10H2,1-2H3,(H,24,25). The predicted molar refractivity (Wildman–Crippen MR) is 110 cm³/mol. The molecule has 0 radical (unpaired) electrons. The molecule has 0 saturated heterocycles. The Kier molecular flexibility index (Phi) is 7.90. The number of nitrogens with zero attached hydrogens (tertiary/aromatic N) is 1. The highest BCUT2D eigenvalue weighted by Crippen LogP contribution is 2.35. The summed E-state index contributed by atoms with van der Waals surface area (Å²) in [6.45, 7) is 4.96. The zero-order valence-corrected chi connectivity index (χ0v) is 16.9. The van der Waals surface area contributed by atoms with E-state index in [1.807, 2.05) is 38.1 Å². The molecule has 140 valence electrons. The van der Waals surface area contributed by atoms with Gasteiger partial charge in [0.2, 0.25) is 0 Å². The molecule has 0 bridgehead atoms. The van der Waals surface area contributed by atoms with E-state index in [0.717, 1.165) is 6.42 Å². The van der Waals surface area contributed by atoms with Gasteiger partial charge in [-0.05, 0) is 49.2 Å². The fourth-order valence-corrected chi connectivity index (χ4v) is 2.72. The molecule has 0 fully saturated rings. The molecule has 2 aromatic carbocycles. The summed E-state index contributed by atoms with van der Waals surface area (Å²) in [6, 6.07) is 14.5. The van der Waals surface area contributed by atoms with Crippen molar-refractivity contribution in [3.05, 3.63) is 58.1 Å². The fourth-order valence-electron chi connectivity index (χ4n) is 2.28. The van der Waals surface area contributed by atoms with Crippen LogP contribution < -0.4 is 14.8 Å². The molecule has 0 spiro atoms. The van der Waals surface area contributed by atoms with E-state index in [1.54, 1.807) is 24.3 Å². The Hall–Kier alpha value is -2.78. The summed E-state index contributed by atoms with van der Waals surface area (Å²) in [5, 5.41) is 12.1. The van der Waals surface area contributed by atoms with Gasteiger partial charge in [-0.25, -0.2) is 0 Å². The van der Waals surface area contributed by atoms with E-state index in [0.29, 0.717) is 40.4 Å². The summed E-state index contributed by atoms with van der Waals surface area (Å²) in [5.74, 6) is 0.719. The molecule has 0 heterocycles.